The Morgan fingerprint density at radius 1 is 1.35 bits per heavy atom. The third-order valence-electron chi connectivity index (χ3n) is 3.84. The summed E-state index contributed by atoms with van der Waals surface area (Å²) in [7, 11) is -3.79. The molecule has 0 bridgehead atoms. The minimum atomic E-state index is -3.79. The Balaban J connectivity index is 2.41. The molecule has 1 unspecified atom stereocenters. The molecule has 1 aliphatic heterocycles. The van der Waals surface area contributed by atoms with Crippen LogP contribution in [-0.4, -0.2) is 25.3 Å². The van der Waals surface area contributed by atoms with E-state index in [0.29, 0.717) is 6.54 Å². The number of hydrogen-bond donors (Lipinski definition) is 1. The van der Waals surface area contributed by atoms with Gasteiger partial charge in [0, 0.05) is 18.3 Å². The predicted octanol–water partition coefficient (Wildman–Crippen LogP) is 2.75. The molecule has 0 radical (unpaired) electrons. The number of anilines is 1. The molecule has 2 N–H and O–H groups in total. The van der Waals surface area contributed by atoms with Crippen molar-refractivity contribution in [3.63, 3.8) is 0 Å². The van der Waals surface area contributed by atoms with Gasteiger partial charge in [-0.05, 0) is 37.5 Å². The van der Waals surface area contributed by atoms with Crippen LogP contribution >= 0.6 is 0 Å². The number of sulfonamides is 1. The van der Waals surface area contributed by atoms with Gasteiger partial charge in [-0.1, -0.05) is 19.8 Å². The van der Waals surface area contributed by atoms with Gasteiger partial charge in [0.05, 0.1) is 0 Å². The van der Waals surface area contributed by atoms with Crippen LogP contribution in [0.2, 0.25) is 0 Å². The minimum absolute atomic E-state index is 0.0422. The molecule has 6 heteroatoms. The summed E-state index contributed by atoms with van der Waals surface area (Å²) in [6, 6.07) is 3.71. The highest BCUT2D eigenvalue weighted by molar-refractivity contribution is 7.89. The molecular weight excluding hydrogens is 279 g/mol. The zero-order valence-corrected chi connectivity index (χ0v) is 12.5. The molecular formula is C14H21FN2O2S. The Hall–Kier alpha value is -1.14. The van der Waals surface area contributed by atoms with Gasteiger partial charge in [0.25, 0.3) is 0 Å². The molecule has 1 aromatic carbocycles. The second-order valence-electron chi connectivity index (χ2n) is 5.22. The lowest BCUT2D eigenvalue weighted by Gasteiger charge is -2.28. The Bertz CT molecular complexity index is 575. The van der Waals surface area contributed by atoms with Gasteiger partial charge in [-0.25, -0.2) is 12.8 Å². The van der Waals surface area contributed by atoms with Gasteiger partial charge in [-0.3, -0.25) is 0 Å². The SMILES string of the molecule is CCC1CCCCCN1S(=O)(=O)c1ccc(N)cc1F. The van der Waals surface area contributed by atoms with Crippen molar-refractivity contribution >= 4 is 15.7 Å². The Labute approximate surface area is 119 Å². The first-order chi connectivity index (χ1) is 9.46. The predicted molar refractivity (Wildman–Crippen MR) is 77.3 cm³/mol. The number of benzene rings is 1. The van der Waals surface area contributed by atoms with Crippen molar-refractivity contribution in [2.24, 2.45) is 0 Å². The van der Waals surface area contributed by atoms with Crippen molar-refractivity contribution in [2.45, 2.75) is 50.0 Å². The molecule has 1 aromatic rings. The molecule has 2 rings (SSSR count). The summed E-state index contributed by atoms with van der Waals surface area (Å²) < 4.78 is 40.8. The van der Waals surface area contributed by atoms with Gasteiger partial charge in [0.1, 0.15) is 10.7 Å². The van der Waals surface area contributed by atoms with Crippen LogP contribution in [0.4, 0.5) is 10.1 Å². The van der Waals surface area contributed by atoms with Crippen molar-refractivity contribution in [2.75, 3.05) is 12.3 Å². The van der Waals surface area contributed by atoms with Gasteiger partial charge in [-0.2, -0.15) is 4.31 Å². The van der Waals surface area contributed by atoms with Crippen LogP contribution in [0.15, 0.2) is 23.1 Å². The number of halogens is 1. The van der Waals surface area contributed by atoms with Crippen LogP contribution in [0.1, 0.15) is 39.0 Å². The normalized spacial score (nSPS) is 21.6. The number of rotatable bonds is 3. The average molecular weight is 300 g/mol. The molecule has 0 spiro atoms. The second-order valence-corrected chi connectivity index (χ2v) is 7.08. The molecule has 0 amide bonds. The highest BCUT2D eigenvalue weighted by atomic mass is 32.2. The van der Waals surface area contributed by atoms with E-state index in [4.69, 9.17) is 5.73 Å². The van der Waals surface area contributed by atoms with E-state index in [1.807, 2.05) is 6.92 Å². The lowest BCUT2D eigenvalue weighted by molar-refractivity contribution is 0.313. The van der Waals surface area contributed by atoms with Crippen LogP contribution in [0.5, 0.6) is 0 Å². The summed E-state index contributed by atoms with van der Waals surface area (Å²) >= 11 is 0. The fraction of sp³-hybridized carbons (Fsp3) is 0.571. The minimum Gasteiger partial charge on any atom is -0.399 e. The summed E-state index contributed by atoms with van der Waals surface area (Å²) in [6.07, 6.45) is 4.45. The molecule has 1 fully saturated rings. The Morgan fingerprint density at radius 2 is 2.10 bits per heavy atom. The molecule has 1 saturated heterocycles. The van der Waals surface area contributed by atoms with Crippen LogP contribution in [0.25, 0.3) is 0 Å². The van der Waals surface area contributed by atoms with Crippen molar-refractivity contribution in [3.05, 3.63) is 24.0 Å². The van der Waals surface area contributed by atoms with Crippen molar-refractivity contribution in [3.8, 4) is 0 Å². The Morgan fingerprint density at radius 3 is 2.75 bits per heavy atom. The summed E-state index contributed by atoms with van der Waals surface area (Å²) in [5, 5.41) is 0. The average Bonchev–Trinajstić information content (AvgIpc) is 2.63. The summed E-state index contributed by atoms with van der Waals surface area (Å²) in [6.45, 7) is 2.43. The molecule has 0 saturated carbocycles. The smallest absolute Gasteiger partial charge is 0.246 e. The van der Waals surface area contributed by atoms with Crippen LogP contribution in [0, 0.1) is 5.82 Å². The number of nitrogens with zero attached hydrogens (tertiary/aromatic N) is 1. The maximum Gasteiger partial charge on any atom is 0.246 e. The van der Waals surface area contributed by atoms with E-state index in [-0.39, 0.29) is 16.6 Å². The third-order valence-corrected chi connectivity index (χ3v) is 5.82. The summed E-state index contributed by atoms with van der Waals surface area (Å²) in [5.41, 5.74) is 5.71. The van der Waals surface area contributed by atoms with Gasteiger partial charge < -0.3 is 5.73 Å². The van der Waals surface area contributed by atoms with E-state index in [9.17, 15) is 12.8 Å². The Kier molecular flexibility index (Phi) is 4.65. The monoisotopic (exact) mass is 300 g/mol. The lowest BCUT2D eigenvalue weighted by atomic mass is 10.1. The van der Waals surface area contributed by atoms with Gasteiger partial charge >= 0.3 is 0 Å². The number of nitrogens with two attached hydrogens (primary N) is 1. The highest BCUT2D eigenvalue weighted by Crippen LogP contribution is 2.28. The fourth-order valence-corrected chi connectivity index (χ4v) is 4.54. The quantitative estimate of drug-likeness (QED) is 0.873. The molecule has 1 heterocycles. The van der Waals surface area contributed by atoms with Crippen molar-refractivity contribution < 1.29 is 12.8 Å². The van der Waals surface area contributed by atoms with Crippen molar-refractivity contribution in [1.29, 1.82) is 0 Å². The molecule has 112 valence electrons. The van der Waals surface area contributed by atoms with E-state index in [1.165, 1.54) is 16.4 Å². The standard InChI is InChI=1S/C14H21FN2O2S/c1-2-12-6-4-3-5-9-17(12)20(18,19)14-8-7-11(16)10-13(14)15/h7-8,10,12H,2-6,9,16H2,1H3. The van der Waals surface area contributed by atoms with E-state index < -0.39 is 15.8 Å². The van der Waals surface area contributed by atoms with E-state index in [1.54, 1.807) is 0 Å². The summed E-state index contributed by atoms with van der Waals surface area (Å²) in [5.74, 6) is -0.774. The van der Waals surface area contributed by atoms with Crippen LogP contribution < -0.4 is 5.73 Å². The topological polar surface area (TPSA) is 63.4 Å². The van der Waals surface area contributed by atoms with E-state index in [2.05, 4.69) is 0 Å². The molecule has 4 nitrogen and oxygen atoms in total. The lowest BCUT2D eigenvalue weighted by Crippen LogP contribution is -2.39. The third kappa shape index (κ3) is 2.96. The highest BCUT2D eigenvalue weighted by Gasteiger charge is 2.33. The van der Waals surface area contributed by atoms with Crippen LogP contribution in [0.3, 0.4) is 0 Å². The fourth-order valence-electron chi connectivity index (χ4n) is 2.73. The summed E-state index contributed by atoms with van der Waals surface area (Å²) in [4.78, 5) is -0.271. The maximum atomic E-state index is 13.9. The zero-order valence-electron chi connectivity index (χ0n) is 11.7. The first-order valence-corrected chi connectivity index (χ1v) is 8.47. The second kappa shape index (κ2) is 6.10. The van der Waals surface area contributed by atoms with E-state index >= 15 is 0 Å². The van der Waals surface area contributed by atoms with E-state index in [0.717, 1.165) is 38.2 Å². The largest absolute Gasteiger partial charge is 0.399 e. The molecule has 1 atom stereocenters. The van der Waals surface area contributed by atoms with Crippen molar-refractivity contribution in [1.82, 2.24) is 4.31 Å². The van der Waals surface area contributed by atoms with Gasteiger partial charge in [-0.15, -0.1) is 0 Å². The maximum absolute atomic E-state index is 13.9. The molecule has 0 aliphatic carbocycles. The number of nitrogen functional groups attached to an aromatic ring is 1. The molecule has 0 aromatic heterocycles. The first kappa shape index (κ1) is 15.3. The first-order valence-electron chi connectivity index (χ1n) is 7.03. The zero-order chi connectivity index (χ0) is 14.8. The van der Waals surface area contributed by atoms with Crippen LogP contribution in [-0.2, 0) is 10.0 Å². The number of hydrogen-bond acceptors (Lipinski definition) is 3. The van der Waals surface area contributed by atoms with Gasteiger partial charge in [0.2, 0.25) is 10.0 Å². The van der Waals surface area contributed by atoms with Gasteiger partial charge in [0.15, 0.2) is 0 Å². The molecule has 1 aliphatic rings. The molecule has 20 heavy (non-hydrogen) atoms.